The minimum Gasteiger partial charge on any atom is -0.507 e. The third kappa shape index (κ3) is 4.16. The molecule has 0 radical (unpaired) electrons. The van der Waals surface area contributed by atoms with Gasteiger partial charge in [0.25, 0.3) is 11.7 Å². The summed E-state index contributed by atoms with van der Waals surface area (Å²) in [7, 11) is 4.99. The predicted molar refractivity (Wildman–Crippen MR) is 121 cm³/mol. The Hall–Kier alpha value is -3.10. The third-order valence-electron chi connectivity index (χ3n) is 5.56. The van der Waals surface area contributed by atoms with Gasteiger partial charge in [-0.25, -0.2) is 4.79 Å². The number of aliphatic hydroxyl groups excluding tert-OH is 1. The molecule has 32 heavy (non-hydrogen) atoms. The summed E-state index contributed by atoms with van der Waals surface area (Å²) >= 11 is 6.19. The van der Waals surface area contributed by atoms with Gasteiger partial charge in [0.2, 0.25) is 0 Å². The highest BCUT2D eigenvalue weighted by Gasteiger charge is 2.46. The summed E-state index contributed by atoms with van der Waals surface area (Å²) < 4.78 is 4.79. The Labute approximate surface area is 191 Å². The van der Waals surface area contributed by atoms with Crippen LogP contribution in [-0.4, -0.2) is 71.8 Å². The minimum atomic E-state index is -0.816. The number of hydrogen-bond acceptors (Lipinski definition) is 6. The number of esters is 1. The second-order valence-corrected chi connectivity index (χ2v) is 8.40. The maximum atomic E-state index is 13.1. The Bertz CT molecular complexity index is 1120. The van der Waals surface area contributed by atoms with Gasteiger partial charge in [-0.15, -0.1) is 0 Å². The van der Waals surface area contributed by atoms with Gasteiger partial charge in [0.05, 0.1) is 18.7 Å². The summed E-state index contributed by atoms with van der Waals surface area (Å²) in [6.07, 6.45) is 0. The molecule has 1 saturated heterocycles. The molecule has 1 fully saturated rings. The number of amides is 1. The molecular weight excluding hydrogens is 434 g/mol. The van der Waals surface area contributed by atoms with Gasteiger partial charge in [-0.3, -0.25) is 9.59 Å². The normalized spacial score (nSPS) is 18.0. The smallest absolute Gasteiger partial charge is 0.354 e. The van der Waals surface area contributed by atoms with E-state index in [1.54, 1.807) is 38.1 Å². The number of halogens is 1. The van der Waals surface area contributed by atoms with Crippen molar-refractivity contribution in [2.45, 2.75) is 19.9 Å². The van der Waals surface area contributed by atoms with Crippen molar-refractivity contribution in [3.63, 3.8) is 0 Å². The molecule has 2 heterocycles. The molecule has 1 amide bonds. The van der Waals surface area contributed by atoms with Crippen LogP contribution in [-0.2, 0) is 14.3 Å². The zero-order chi connectivity index (χ0) is 23.7. The second kappa shape index (κ2) is 9.18. The number of rotatable bonds is 6. The molecule has 1 aromatic heterocycles. The van der Waals surface area contributed by atoms with Crippen LogP contribution < -0.4 is 0 Å². The van der Waals surface area contributed by atoms with Gasteiger partial charge in [0.15, 0.2) is 0 Å². The number of ketones is 1. The molecule has 1 aliphatic heterocycles. The van der Waals surface area contributed by atoms with Gasteiger partial charge < -0.3 is 24.6 Å². The molecule has 2 N–H and O–H groups in total. The van der Waals surface area contributed by atoms with Gasteiger partial charge in [0.1, 0.15) is 11.5 Å². The Balaban J connectivity index is 2.23. The lowest BCUT2D eigenvalue weighted by Crippen LogP contribution is -2.35. The number of ether oxygens (including phenoxy) is 1. The maximum Gasteiger partial charge on any atom is 0.354 e. The van der Waals surface area contributed by atoms with Crippen molar-refractivity contribution in [3.05, 3.63) is 62.9 Å². The summed E-state index contributed by atoms with van der Waals surface area (Å²) in [5, 5.41) is 11.7. The number of aryl methyl sites for hydroxylation is 1. The first-order valence-electron chi connectivity index (χ1n) is 10.0. The number of likely N-dealkylation sites (N-methyl/N-ethyl adjacent to an activating group) is 1. The number of hydrogen-bond donors (Lipinski definition) is 2. The molecule has 8 nitrogen and oxygen atoms in total. The topological polar surface area (TPSA) is 103 Å². The van der Waals surface area contributed by atoms with Crippen molar-refractivity contribution in [2.24, 2.45) is 0 Å². The zero-order valence-electron chi connectivity index (χ0n) is 18.7. The molecule has 3 rings (SSSR count). The lowest BCUT2D eigenvalue weighted by atomic mass is 9.94. The van der Waals surface area contributed by atoms with E-state index in [0.29, 0.717) is 34.0 Å². The highest BCUT2D eigenvalue weighted by Crippen LogP contribution is 2.41. The molecule has 1 aliphatic rings. The average molecular weight is 460 g/mol. The van der Waals surface area contributed by atoms with E-state index < -0.39 is 23.7 Å². The van der Waals surface area contributed by atoms with Crippen LogP contribution in [0.15, 0.2) is 29.8 Å². The average Bonchev–Trinajstić information content (AvgIpc) is 3.18. The van der Waals surface area contributed by atoms with Crippen molar-refractivity contribution >= 4 is 35.0 Å². The molecule has 0 spiro atoms. The fourth-order valence-corrected chi connectivity index (χ4v) is 4.19. The van der Waals surface area contributed by atoms with Crippen LogP contribution in [0.4, 0.5) is 0 Å². The van der Waals surface area contributed by atoms with Gasteiger partial charge in [0, 0.05) is 29.4 Å². The summed E-state index contributed by atoms with van der Waals surface area (Å²) in [6, 6.07) is 6.04. The third-order valence-corrected chi connectivity index (χ3v) is 5.79. The largest absolute Gasteiger partial charge is 0.507 e. The number of Topliss-reactive ketones (excluding diaryl/α,β-unsaturated/α-hetero) is 1. The first-order chi connectivity index (χ1) is 15.1. The number of carbonyl (C=O) groups excluding carboxylic acids is 3. The number of carbonyl (C=O) groups is 3. The fraction of sp³-hybridized carbons (Fsp3) is 0.348. The number of aliphatic hydroxyl groups is 1. The summed E-state index contributed by atoms with van der Waals surface area (Å²) in [4.78, 5) is 44.4. The Morgan fingerprint density at radius 1 is 1.28 bits per heavy atom. The highest BCUT2D eigenvalue weighted by atomic mass is 35.5. The number of aromatic amines is 1. The van der Waals surface area contributed by atoms with Crippen LogP contribution in [0.25, 0.3) is 5.76 Å². The van der Waals surface area contributed by atoms with E-state index in [2.05, 4.69) is 4.98 Å². The summed E-state index contributed by atoms with van der Waals surface area (Å²) in [5.41, 5.74) is 1.94. The van der Waals surface area contributed by atoms with E-state index in [1.165, 1.54) is 12.0 Å². The van der Waals surface area contributed by atoms with Crippen LogP contribution in [0.2, 0.25) is 5.02 Å². The maximum absolute atomic E-state index is 13.1. The van der Waals surface area contributed by atoms with Gasteiger partial charge in [-0.2, -0.15) is 0 Å². The van der Waals surface area contributed by atoms with E-state index in [9.17, 15) is 19.5 Å². The number of likely N-dealkylation sites (tertiary alicyclic amines) is 1. The molecule has 1 atom stereocenters. The monoisotopic (exact) mass is 459 g/mol. The molecule has 1 aromatic carbocycles. The zero-order valence-corrected chi connectivity index (χ0v) is 19.4. The number of nitrogens with zero attached hydrogens (tertiary/aromatic N) is 2. The number of methoxy groups -OCH3 is 1. The molecule has 0 bridgehead atoms. The summed E-state index contributed by atoms with van der Waals surface area (Å²) in [6.45, 7) is 4.12. The quantitative estimate of drug-likeness (QED) is 0.298. The number of aromatic nitrogens is 1. The van der Waals surface area contributed by atoms with Gasteiger partial charge in [-0.05, 0) is 51.2 Å². The lowest BCUT2D eigenvalue weighted by molar-refractivity contribution is -0.140. The highest BCUT2D eigenvalue weighted by molar-refractivity contribution is 6.46. The van der Waals surface area contributed by atoms with Crippen molar-refractivity contribution < 1.29 is 24.2 Å². The van der Waals surface area contributed by atoms with Gasteiger partial charge >= 0.3 is 5.97 Å². The number of H-pyrrole nitrogens is 1. The van der Waals surface area contributed by atoms with Crippen molar-refractivity contribution in [3.8, 4) is 0 Å². The minimum absolute atomic E-state index is 0.0439. The van der Waals surface area contributed by atoms with E-state index in [1.807, 2.05) is 19.0 Å². The van der Waals surface area contributed by atoms with Crippen LogP contribution >= 0.6 is 11.6 Å². The molecule has 0 unspecified atom stereocenters. The van der Waals surface area contributed by atoms with Crippen molar-refractivity contribution in [2.75, 3.05) is 34.3 Å². The second-order valence-electron chi connectivity index (χ2n) is 7.97. The van der Waals surface area contributed by atoms with Crippen LogP contribution in [0.3, 0.4) is 0 Å². The van der Waals surface area contributed by atoms with E-state index in [4.69, 9.17) is 16.3 Å². The van der Waals surface area contributed by atoms with Crippen LogP contribution in [0.5, 0.6) is 0 Å². The van der Waals surface area contributed by atoms with E-state index in [-0.39, 0.29) is 23.6 Å². The van der Waals surface area contributed by atoms with E-state index in [0.717, 1.165) is 0 Å². The first kappa shape index (κ1) is 23.6. The molecule has 0 saturated carbocycles. The van der Waals surface area contributed by atoms with Crippen LogP contribution in [0, 0.1) is 13.8 Å². The standard InChI is InChI=1S/C23H26ClN3O5/c1-12-16(13(2)25-18(12)23(31)32-5)20(28)17-19(14-7-6-8-15(24)11-14)27(10-9-26(3)4)22(30)21(17)29/h6-8,11,19,25,28H,9-10H2,1-5H3/b20-17+/t19-/m0/s1. The fourth-order valence-electron chi connectivity index (χ4n) is 3.99. The molecule has 2 aromatic rings. The first-order valence-corrected chi connectivity index (χ1v) is 10.4. The predicted octanol–water partition coefficient (Wildman–Crippen LogP) is 3.05. The molecule has 0 aliphatic carbocycles. The lowest BCUT2D eigenvalue weighted by Gasteiger charge is -2.26. The Morgan fingerprint density at radius 2 is 1.97 bits per heavy atom. The summed E-state index contributed by atoms with van der Waals surface area (Å²) in [5.74, 6) is -2.42. The van der Waals surface area contributed by atoms with Crippen molar-refractivity contribution in [1.29, 1.82) is 0 Å². The number of benzene rings is 1. The molecular formula is C23H26ClN3O5. The molecule has 170 valence electrons. The van der Waals surface area contributed by atoms with Gasteiger partial charge in [-0.1, -0.05) is 23.7 Å². The Morgan fingerprint density at radius 3 is 2.56 bits per heavy atom. The molecule has 9 heteroatoms. The van der Waals surface area contributed by atoms with Crippen LogP contribution in [0.1, 0.15) is 38.9 Å². The SMILES string of the molecule is COC(=O)c1[nH]c(C)c(/C(O)=C2\C(=O)C(=O)N(CCN(C)C)[C@H]2c2cccc(Cl)c2)c1C. The number of nitrogens with one attached hydrogen (secondary N) is 1. The van der Waals surface area contributed by atoms with E-state index >= 15 is 0 Å². The van der Waals surface area contributed by atoms with Crippen molar-refractivity contribution in [1.82, 2.24) is 14.8 Å². The Kier molecular flexibility index (Phi) is 6.76.